The molecule has 4 rings (SSSR count). The molecule has 5 nitrogen and oxygen atoms in total. The normalized spacial score (nSPS) is 29.4. The van der Waals surface area contributed by atoms with Gasteiger partial charge in [-0.05, 0) is 36.5 Å². The minimum absolute atomic E-state index is 0.0204. The summed E-state index contributed by atoms with van der Waals surface area (Å²) in [7, 11) is 0. The Bertz CT molecular complexity index is 780. The lowest BCUT2D eigenvalue weighted by atomic mass is 9.85. The molecule has 1 N–H and O–H groups in total. The molecule has 130 valence electrons. The zero-order valence-electron chi connectivity index (χ0n) is 13.2. The summed E-state index contributed by atoms with van der Waals surface area (Å²) < 4.78 is 13.0. The van der Waals surface area contributed by atoms with Crippen molar-refractivity contribution >= 4 is 35.0 Å². The minimum Gasteiger partial charge on any atom is -0.325 e. The van der Waals surface area contributed by atoms with E-state index in [0.717, 1.165) is 12.5 Å². The summed E-state index contributed by atoms with van der Waals surface area (Å²) in [5.74, 6) is -1.40. The van der Waals surface area contributed by atoms with Gasteiger partial charge in [-0.1, -0.05) is 23.8 Å². The highest BCUT2D eigenvalue weighted by Crippen LogP contribution is 2.52. The first kappa shape index (κ1) is 16.3. The van der Waals surface area contributed by atoms with Gasteiger partial charge < -0.3 is 5.32 Å². The van der Waals surface area contributed by atoms with Crippen molar-refractivity contribution in [2.45, 2.75) is 12.8 Å². The topological polar surface area (TPSA) is 66.5 Å². The molecule has 1 aliphatic heterocycles. The van der Waals surface area contributed by atoms with Gasteiger partial charge in [0.2, 0.25) is 17.7 Å². The van der Waals surface area contributed by atoms with Crippen molar-refractivity contribution in [2.24, 2.45) is 23.7 Å². The number of benzene rings is 1. The SMILES string of the molecule is O=C(CCN1C(=O)C2C3C=CC(C3)C2C1=O)Nc1ccc(F)cc1Cl. The second-order valence-corrected chi connectivity index (χ2v) is 7.16. The molecule has 1 aromatic rings. The molecule has 2 aliphatic carbocycles. The van der Waals surface area contributed by atoms with Gasteiger partial charge in [0.25, 0.3) is 0 Å². The summed E-state index contributed by atoms with van der Waals surface area (Å²) in [6.07, 6.45) is 4.92. The van der Waals surface area contributed by atoms with E-state index in [2.05, 4.69) is 5.32 Å². The summed E-state index contributed by atoms with van der Waals surface area (Å²) in [6, 6.07) is 3.67. The second kappa shape index (κ2) is 5.95. The number of imide groups is 1. The monoisotopic (exact) mass is 362 g/mol. The third kappa shape index (κ3) is 2.65. The first-order valence-electron chi connectivity index (χ1n) is 8.24. The Balaban J connectivity index is 1.38. The van der Waals surface area contributed by atoms with Gasteiger partial charge in [-0.3, -0.25) is 19.3 Å². The summed E-state index contributed by atoms with van der Waals surface area (Å²) >= 11 is 5.87. The van der Waals surface area contributed by atoms with Crippen LogP contribution in [-0.2, 0) is 14.4 Å². The molecule has 3 aliphatic rings. The van der Waals surface area contributed by atoms with Crippen LogP contribution in [0.1, 0.15) is 12.8 Å². The lowest BCUT2D eigenvalue weighted by molar-refractivity contribution is -0.140. The maximum Gasteiger partial charge on any atom is 0.233 e. The van der Waals surface area contributed by atoms with Crippen molar-refractivity contribution in [2.75, 3.05) is 11.9 Å². The van der Waals surface area contributed by atoms with E-state index in [4.69, 9.17) is 11.6 Å². The molecule has 0 spiro atoms. The predicted octanol–water partition coefficient (Wildman–Crippen LogP) is 2.61. The lowest BCUT2D eigenvalue weighted by Crippen LogP contribution is -2.35. The number of nitrogens with one attached hydrogen (secondary N) is 1. The highest BCUT2D eigenvalue weighted by atomic mass is 35.5. The van der Waals surface area contributed by atoms with Crippen LogP contribution in [0.25, 0.3) is 0 Å². The highest BCUT2D eigenvalue weighted by Gasteiger charge is 2.58. The predicted molar refractivity (Wildman–Crippen MR) is 89.1 cm³/mol. The second-order valence-electron chi connectivity index (χ2n) is 6.75. The van der Waals surface area contributed by atoms with E-state index in [1.54, 1.807) is 0 Å². The van der Waals surface area contributed by atoms with E-state index in [1.807, 2.05) is 12.2 Å². The van der Waals surface area contributed by atoms with Crippen LogP contribution < -0.4 is 5.32 Å². The van der Waals surface area contributed by atoms with E-state index in [0.29, 0.717) is 5.69 Å². The Hall–Kier alpha value is -2.21. The number of amides is 3. The molecule has 25 heavy (non-hydrogen) atoms. The van der Waals surface area contributed by atoms with Crippen LogP contribution >= 0.6 is 11.6 Å². The van der Waals surface area contributed by atoms with Gasteiger partial charge in [-0.25, -0.2) is 4.39 Å². The number of nitrogens with zero attached hydrogens (tertiary/aromatic N) is 1. The molecule has 1 saturated heterocycles. The molecule has 2 fully saturated rings. The van der Waals surface area contributed by atoms with E-state index in [-0.39, 0.29) is 59.4 Å². The maximum atomic E-state index is 13.0. The summed E-state index contributed by atoms with van der Waals surface area (Å²) in [6.45, 7) is 0.0504. The molecular weight excluding hydrogens is 347 g/mol. The Labute approximate surface area is 148 Å². The number of carbonyl (C=O) groups excluding carboxylic acids is 3. The standard InChI is InChI=1S/C18H16ClFN2O3/c19-12-8-11(20)3-4-13(12)21-14(23)5-6-22-17(24)15-9-1-2-10(7-9)16(15)18(22)25/h1-4,8-10,15-16H,5-7H2,(H,21,23). The molecular formula is C18H16ClFN2O3. The molecule has 0 aromatic heterocycles. The zero-order chi connectivity index (χ0) is 17.7. The van der Waals surface area contributed by atoms with Crippen molar-refractivity contribution < 1.29 is 18.8 Å². The molecule has 7 heteroatoms. The van der Waals surface area contributed by atoms with E-state index < -0.39 is 5.82 Å². The highest BCUT2D eigenvalue weighted by molar-refractivity contribution is 6.33. The number of allylic oxidation sites excluding steroid dienone is 2. The van der Waals surface area contributed by atoms with E-state index in [9.17, 15) is 18.8 Å². The van der Waals surface area contributed by atoms with Gasteiger partial charge in [0.05, 0.1) is 22.5 Å². The minimum atomic E-state index is -0.494. The van der Waals surface area contributed by atoms with Crippen molar-refractivity contribution in [1.29, 1.82) is 0 Å². The summed E-state index contributed by atoms with van der Waals surface area (Å²) in [5, 5.41) is 2.67. The molecule has 1 saturated carbocycles. The smallest absolute Gasteiger partial charge is 0.233 e. The van der Waals surface area contributed by atoms with Crippen LogP contribution in [0.2, 0.25) is 5.02 Å². The largest absolute Gasteiger partial charge is 0.325 e. The third-order valence-electron chi connectivity index (χ3n) is 5.33. The number of hydrogen-bond donors (Lipinski definition) is 1. The number of halogens is 2. The first-order chi connectivity index (χ1) is 12.0. The van der Waals surface area contributed by atoms with Gasteiger partial charge in [-0.15, -0.1) is 0 Å². The van der Waals surface area contributed by atoms with Gasteiger partial charge in [-0.2, -0.15) is 0 Å². The Morgan fingerprint density at radius 1 is 1.20 bits per heavy atom. The van der Waals surface area contributed by atoms with Gasteiger partial charge in [0.15, 0.2) is 0 Å². The van der Waals surface area contributed by atoms with Crippen LogP contribution in [0.5, 0.6) is 0 Å². The lowest BCUT2D eigenvalue weighted by Gasteiger charge is -2.17. The molecule has 4 atom stereocenters. The molecule has 1 heterocycles. The summed E-state index contributed by atoms with van der Waals surface area (Å²) in [4.78, 5) is 38.4. The van der Waals surface area contributed by atoms with Crippen LogP contribution in [-0.4, -0.2) is 29.2 Å². The fourth-order valence-electron chi connectivity index (χ4n) is 4.20. The third-order valence-corrected chi connectivity index (χ3v) is 5.64. The van der Waals surface area contributed by atoms with E-state index in [1.165, 1.54) is 17.0 Å². The Kier molecular flexibility index (Phi) is 3.87. The fraction of sp³-hybridized carbons (Fsp3) is 0.389. The molecule has 1 aromatic carbocycles. The van der Waals surface area contributed by atoms with Crippen molar-refractivity contribution in [3.05, 3.63) is 41.2 Å². The van der Waals surface area contributed by atoms with Gasteiger partial charge in [0, 0.05) is 13.0 Å². The van der Waals surface area contributed by atoms with Crippen LogP contribution in [0.15, 0.2) is 30.4 Å². The number of hydrogen-bond acceptors (Lipinski definition) is 3. The molecule has 4 unspecified atom stereocenters. The van der Waals surface area contributed by atoms with Crippen LogP contribution in [0.3, 0.4) is 0 Å². The fourth-order valence-corrected chi connectivity index (χ4v) is 4.42. The number of anilines is 1. The number of likely N-dealkylation sites (tertiary alicyclic amines) is 1. The Morgan fingerprint density at radius 2 is 1.84 bits per heavy atom. The van der Waals surface area contributed by atoms with E-state index >= 15 is 0 Å². The zero-order valence-corrected chi connectivity index (χ0v) is 14.0. The molecule has 0 radical (unpaired) electrons. The Morgan fingerprint density at radius 3 is 2.44 bits per heavy atom. The van der Waals surface area contributed by atoms with Gasteiger partial charge in [0.1, 0.15) is 5.82 Å². The maximum absolute atomic E-state index is 13.0. The first-order valence-corrected chi connectivity index (χ1v) is 8.62. The number of carbonyl (C=O) groups is 3. The van der Waals surface area contributed by atoms with Crippen LogP contribution in [0, 0.1) is 29.5 Å². The molecule has 3 amide bonds. The van der Waals surface area contributed by atoms with Crippen molar-refractivity contribution in [1.82, 2.24) is 4.90 Å². The quantitative estimate of drug-likeness (QED) is 0.661. The van der Waals surface area contributed by atoms with Crippen LogP contribution in [0.4, 0.5) is 10.1 Å². The number of rotatable bonds is 4. The van der Waals surface area contributed by atoms with Crippen molar-refractivity contribution in [3.63, 3.8) is 0 Å². The van der Waals surface area contributed by atoms with Gasteiger partial charge >= 0.3 is 0 Å². The average Bonchev–Trinajstić information content (AvgIpc) is 3.23. The summed E-state index contributed by atoms with van der Waals surface area (Å²) in [5.41, 5.74) is 0.297. The molecule has 2 bridgehead atoms. The van der Waals surface area contributed by atoms with Crippen molar-refractivity contribution in [3.8, 4) is 0 Å². The average molecular weight is 363 g/mol. The number of fused-ring (bicyclic) bond motifs is 5.